The van der Waals surface area contributed by atoms with E-state index in [1.54, 1.807) is 0 Å². The van der Waals surface area contributed by atoms with E-state index in [2.05, 4.69) is 0 Å². The van der Waals surface area contributed by atoms with Gasteiger partial charge in [0.1, 0.15) is 4.61 Å². The van der Waals surface area contributed by atoms with E-state index < -0.39 is 4.30 Å². The van der Waals surface area contributed by atoms with Crippen molar-refractivity contribution in [3.63, 3.8) is 0 Å². The van der Waals surface area contributed by atoms with Crippen LogP contribution in [0.4, 0.5) is 0 Å². The van der Waals surface area contributed by atoms with Crippen LogP contribution in [-0.2, 0) is 9.53 Å². The van der Waals surface area contributed by atoms with Crippen molar-refractivity contribution in [2.75, 3.05) is 4.61 Å². The minimum absolute atomic E-state index is 0.142. The van der Waals surface area contributed by atoms with Gasteiger partial charge in [-0.15, -0.1) is 0 Å². The number of carbonyl (C=O) groups excluding carboxylic acids is 1. The summed E-state index contributed by atoms with van der Waals surface area (Å²) in [5.74, 6) is -0.142. The van der Waals surface area contributed by atoms with Gasteiger partial charge < -0.3 is 4.74 Å². The molecule has 0 aliphatic heterocycles. The molecule has 0 aromatic heterocycles. The first-order valence-electron chi connectivity index (χ1n) is 3.37. The van der Waals surface area contributed by atoms with Crippen LogP contribution in [0.25, 0.3) is 0 Å². The van der Waals surface area contributed by atoms with E-state index in [1.807, 2.05) is 43.4 Å². The Morgan fingerprint density at radius 3 is 1.77 bits per heavy atom. The lowest BCUT2D eigenvalue weighted by Gasteiger charge is -2.14. The Bertz CT molecular complexity index is 142. The molecule has 0 unspecified atom stereocenters. The zero-order valence-electron chi connectivity index (χ0n) is 7.61. The van der Waals surface area contributed by atoms with Gasteiger partial charge in [-0.25, -0.2) is 0 Å². The number of halogens is 4. The smallest absolute Gasteiger partial charge is 0.311 e. The predicted molar refractivity (Wildman–Crippen MR) is 65.8 cm³/mol. The van der Waals surface area contributed by atoms with Crippen molar-refractivity contribution in [1.29, 1.82) is 0 Å². The molecule has 0 aliphatic carbocycles. The quantitative estimate of drug-likeness (QED) is 0.402. The molecular weight excluding hydrogens is 349 g/mol. The zero-order chi connectivity index (χ0) is 11.1. The molecule has 0 bridgehead atoms. The van der Waals surface area contributed by atoms with Crippen molar-refractivity contribution in [3.05, 3.63) is 0 Å². The number of esters is 1. The summed E-state index contributed by atoms with van der Waals surface area (Å²) >= 11 is 16.4. The van der Waals surface area contributed by atoms with Crippen LogP contribution < -0.4 is 0 Å². The highest BCUT2D eigenvalue weighted by Crippen LogP contribution is 2.15. The summed E-state index contributed by atoms with van der Waals surface area (Å²) in [5, 5.41) is 0. The van der Waals surface area contributed by atoms with Crippen LogP contribution in [0, 0.1) is 5.41 Å². The lowest BCUT2D eigenvalue weighted by molar-refractivity contribution is -0.150. The Morgan fingerprint density at radius 1 is 1.38 bits per heavy atom. The second-order valence-corrected chi connectivity index (χ2v) is 5.64. The fraction of sp³-hybridized carbons (Fsp3) is 0.857. The minimum atomic E-state index is -0.750. The molecule has 6 heteroatoms. The van der Waals surface area contributed by atoms with Crippen molar-refractivity contribution >= 4 is 63.4 Å². The van der Waals surface area contributed by atoms with Crippen LogP contribution in [0.2, 0.25) is 0 Å². The highest BCUT2D eigenvalue weighted by Gasteiger charge is 2.22. The third kappa shape index (κ3) is 15.8. The molecule has 0 atom stereocenters. The van der Waals surface area contributed by atoms with Crippen molar-refractivity contribution in [2.45, 2.75) is 25.1 Å². The summed E-state index contributed by atoms with van der Waals surface area (Å²) in [6.45, 7) is 5.50. The van der Waals surface area contributed by atoms with Crippen molar-refractivity contribution in [1.82, 2.24) is 0 Å². The molecule has 0 aromatic carbocycles. The Kier molecular flexibility index (Phi) is 10.6. The van der Waals surface area contributed by atoms with E-state index >= 15 is 0 Å². The molecular formula is C7H12Cl3IO2. The number of hydrogen-bond donors (Lipinski definition) is 0. The summed E-state index contributed by atoms with van der Waals surface area (Å²) in [5.41, 5.74) is -0.356. The third-order valence-electron chi connectivity index (χ3n) is 0.798. The first-order valence-corrected chi connectivity index (χ1v) is 6.20. The first kappa shape index (κ1) is 16.5. The number of carbonyl (C=O) groups is 1. The van der Waals surface area contributed by atoms with Gasteiger partial charge in [-0.1, -0.05) is 34.8 Å². The van der Waals surface area contributed by atoms with E-state index in [1.165, 1.54) is 0 Å². The number of alkyl halides is 4. The standard InChI is InChI=1S/C6H11IO2.CHCl3/c1-6(2,3)5(8)9-4-7;2-1(3)4/h4H2,1-3H3;1H. The second-order valence-electron chi connectivity index (χ2n) is 3.04. The van der Waals surface area contributed by atoms with Crippen LogP contribution in [0.5, 0.6) is 0 Å². The molecule has 0 saturated carbocycles. The van der Waals surface area contributed by atoms with Gasteiger partial charge >= 0.3 is 5.97 Å². The highest BCUT2D eigenvalue weighted by molar-refractivity contribution is 14.1. The van der Waals surface area contributed by atoms with Crippen LogP contribution >= 0.6 is 57.4 Å². The Balaban J connectivity index is 0. The molecule has 0 spiro atoms. The van der Waals surface area contributed by atoms with Gasteiger partial charge in [0.2, 0.25) is 0 Å². The van der Waals surface area contributed by atoms with Crippen molar-refractivity contribution in [3.8, 4) is 0 Å². The van der Waals surface area contributed by atoms with Crippen LogP contribution in [0.1, 0.15) is 20.8 Å². The number of ether oxygens (including phenoxy) is 1. The van der Waals surface area contributed by atoms with E-state index in [-0.39, 0.29) is 11.4 Å². The predicted octanol–water partition coefficient (Wildman–Crippen LogP) is 3.95. The molecule has 0 amide bonds. The summed E-state index contributed by atoms with van der Waals surface area (Å²) in [6, 6.07) is 0. The van der Waals surface area contributed by atoms with Crippen LogP contribution in [0.15, 0.2) is 0 Å². The van der Waals surface area contributed by atoms with Gasteiger partial charge in [0, 0.05) is 0 Å². The monoisotopic (exact) mass is 360 g/mol. The van der Waals surface area contributed by atoms with Gasteiger partial charge in [0.05, 0.1) is 5.41 Å². The third-order valence-corrected chi connectivity index (χ3v) is 1.11. The molecule has 0 radical (unpaired) electrons. The van der Waals surface area contributed by atoms with E-state index in [0.29, 0.717) is 4.61 Å². The van der Waals surface area contributed by atoms with Crippen LogP contribution in [0.3, 0.4) is 0 Å². The summed E-state index contributed by atoms with van der Waals surface area (Å²) in [6.07, 6.45) is 0. The summed E-state index contributed by atoms with van der Waals surface area (Å²) < 4.78 is 4.44. The molecule has 0 fully saturated rings. The molecule has 0 aliphatic rings. The van der Waals surface area contributed by atoms with Crippen LogP contribution in [-0.4, -0.2) is 14.9 Å². The van der Waals surface area contributed by atoms with Gasteiger partial charge in [-0.05, 0) is 43.4 Å². The van der Waals surface area contributed by atoms with Crippen molar-refractivity contribution < 1.29 is 9.53 Å². The van der Waals surface area contributed by atoms with Gasteiger partial charge in [0.15, 0.2) is 4.30 Å². The second kappa shape index (κ2) is 8.38. The topological polar surface area (TPSA) is 26.3 Å². The number of hydrogen-bond acceptors (Lipinski definition) is 2. The molecule has 0 heterocycles. The average molecular weight is 361 g/mol. The molecule has 0 aromatic rings. The molecule has 2 nitrogen and oxygen atoms in total. The Labute approximate surface area is 107 Å². The minimum Gasteiger partial charge on any atom is -0.455 e. The Morgan fingerprint density at radius 2 is 1.69 bits per heavy atom. The largest absolute Gasteiger partial charge is 0.455 e. The van der Waals surface area contributed by atoms with E-state index in [9.17, 15) is 4.79 Å². The molecule has 0 N–H and O–H groups in total. The normalized spacial score (nSPS) is 10.5. The highest BCUT2D eigenvalue weighted by atomic mass is 127. The zero-order valence-corrected chi connectivity index (χ0v) is 12.0. The maximum Gasteiger partial charge on any atom is 0.311 e. The molecule has 0 saturated heterocycles. The SMILES string of the molecule is CC(C)(C)C(=O)OCI.ClC(Cl)Cl. The summed E-state index contributed by atoms with van der Waals surface area (Å²) in [7, 11) is 0. The summed E-state index contributed by atoms with van der Waals surface area (Å²) in [4.78, 5) is 10.8. The maximum absolute atomic E-state index is 10.8. The molecule has 0 rings (SSSR count). The fourth-order valence-electron chi connectivity index (χ4n) is 0.266. The lowest BCUT2D eigenvalue weighted by Crippen LogP contribution is -2.22. The van der Waals surface area contributed by atoms with Crippen molar-refractivity contribution in [2.24, 2.45) is 5.41 Å². The van der Waals surface area contributed by atoms with Gasteiger partial charge in [0.25, 0.3) is 0 Å². The van der Waals surface area contributed by atoms with Gasteiger partial charge in [-0.3, -0.25) is 4.79 Å². The van der Waals surface area contributed by atoms with E-state index in [0.717, 1.165) is 0 Å². The molecule has 13 heavy (non-hydrogen) atoms. The fourth-order valence-corrected chi connectivity index (χ4v) is 0.549. The Hall–Kier alpha value is 1.07. The first-order chi connectivity index (χ1) is 5.71. The molecule has 80 valence electrons. The lowest BCUT2D eigenvalue weighted by atomic mass is 9.98. The maximum atomic E-state index is 10.8. The van der Waals surface area contributed by atoms with E-state index in [4.69, 9.17) is 39.5 Å². The number of rotatable bonds is 1. The average Bonchev–Trinajstić information content (AvgIpc) is 1.84. The van der Waals surface area contributed by atoms with Gasteiger partial charge in [-0.2, -0.15) is 0 Å².